The molecule has 3 rings (SSSR count). The number of hydrogen-bond donors (Lipinski definition) is 1. The van der Waals surface area contributed by atoms with Crippen molar-refractivity contribution in [2.45, 2.75) is 6.92 Å². The van der Waals surface area contributed by atoms with Crippen molar-refractivity contribution in [1.29, 1.82) is 0 Å². The molecule has 142 valence electrons. The van der Waals surface area contributed by atoms with Crippen LogP contribution in [0.25, 0.3) is 11.3 Å². The fourth-order valence-electron chi connectivity index (χ4n) is 2.42. The van der Waals surface area contributed by atoms with E-state index in [1.807, 2.05) is 0 Å². The van der Waals surface area contributed by atoms with Crippen LogP contribution in [-0.4, -0.2) is 24.7 Å². The van der Waals surface area contributed by atoms with Crippen LogP contribution >= 0.6 is 0 Å². The molecule has 0 bridgehead atoms. The van der Waals surface area contributed by atoms with Crippen molar-refractivity contribution in [3.8, 4) is 11.3 Å². The lowest BCUT2D eigenvalue weighted by Crippen LogP contribution is -2.18. The lowest BCUT2D eigenvalue weighted by Gasteiger charge is -2.02. The number of hydrazone groups is 1. The zero-order valence-electron chi connectivity index (χ0n) is 15.0. The van der Waals surface area contributed by atoms with E-state index >= 15 is 0 Å². The molecule has 1 aromatic heterocycles. The first-order chi connectivity index (χ1) is 13.6. The highest BCUT2D eigenvalue weighted by atomic mass is 19.1. The minimum Gasteiger partial charge on any atom is -0.462 e. The van der Waals surface area contributed by atoms with Gasteiger partial charge in [0.2, 0.25) is 0 Å². The summed E-state index contributed by atoms with van der Waals surface area (Å²) in [6.45, 7) is 2.06. The Morgan fingerprint density at radius 3 is 2.57 bits per heavy atom. The summed E-state index contributed by atoms with van der Waals surface area (Å²) in [5.74, 6) is -0.695. The molecule has 6 nitrogen and oxygen atoms in total. The van der Waals surface area contributed by atoms with Gasteiger partial charge in [-0.05, 0) is 43.3 Å². The summed E-state index contributed by atoms with van der Waals surface area (Å²) >= 11 is 0. The van der Waals surface area contributed by atoms with Gasteiger partial charge in [-0.15, -0.1) is 0 Å². The maximum absolute atomic E-state index is 13.5. The zero-order valence-corrected chi connectivity index (χ0v) is 15.0. The molecule has 0 aliphatic rings. The average molecular weight is 380 g/mol. The monoisotopic (exact) mass is 380 g/mol. The van der Waals surface area contributed by atoms with Gasteiger partial charge in [-0.25, -0.2) is 14.6 Å². The molecule has 0 aliphatic heterocycles. The number of halogens is 1. The summed E-state index contributed by atoms with van der Waals surface area (Å²) in [5, 5.41) is 3.78. The van der Waals surface area contributed by atoms with Gasteiger partial charge in [-0.2, -0.15) is 5.10 Å². The van der Waals surface area contributed by atoms with E-state index in [1.54, 1.807) is 49.4 Å². The molecular weight excluding hydrogens is 363 g/mol. The molecular formula is C21H17FN2O4. The van der Waals surface area contributed by atoms with E-state index in [4.69, 9.17) is 9.15 Å². The third-order valence-electron chi connectivity index (χ3n) is 3.78. The van der Waals surface area contributed by atoms with Crippen LogP contribution in [0.4, 0.5) is 4.39 Å². The predicted octanol–water partition coefficient (Wildman–Crippen LogP) is 4.03. The second-order valence-electron chi connectivity index (χ2n) is 5.68. The van der Waals surface area contributed by atoms with Crippen molar-refractivity contribution in [2.75, 3.05) is 6.61 Å². The van der Waals surface area contributed by atoms with Gasteiger partial charge in [0.1, 0.15) is 17.3 Å². The number of carbonyl (C=O) groups is 2. The number of carbonyl (C=O) groups excluding carboxylic acids is 2. The van der Waals surface area contributed by atoms with Crippen LogP contribution in [0.2, 0.25) is 0 Å². The van der Waals surface area contributed by atoms with E-state index in [-0.39, 0.29) is 11.5 Å². The SMILES string of the molecule is CCOC(=O)c1ccc(-c2ccc(C=NNC(=O)c3ccccc3F)o2)cc1. The van der Waals surface area contributed by atoms with Gasteiger partial charge in [-0.1, -0.05) is 24.3 Å². The molecule has 0 spiro atoms. The molecule has 3 aromatic rings. The highest BCUT2D eigenvalue weighted by Crippen LogP contribution is 2.22. The minimum atomic E-state index is -0.657. The summed E-state index contributed by atoms with van der Waals surface area (Å²) in [7, 11) is 0. The molecule has 28 heavy (non-hydrogen) atoms. The maximum atomic E-state index is 13.5. The van der Waals surface area contributed by atoms with E-state index in [1.165, 1.54) is 24.4 Å². The highest BCUT2D eigenvalue weighted by molar-refractivity contribution is 5.95. The van der Waals surface area contributed by atoms with E-state index in [2.05, 4.69) is 10.5 Å². The Morgan fingerprint density at radius 1 is 1.11 bits per heavy atom. The van der Waals surface area contributed by atoms with Crippen LogP contribution in [0.1, 0.15) is 33.4 Å². The topological polar surface area (TPSA) is 80.9 Å². The second-order valence-corrected chi connectivity index (χ2v) is 5.68. The van der Waals surface area contributed by atoms with Gasteiger partial charge in [0.05, 0.1) is 23.9 Å². The minimum absolute atomic E-state index is 0.0959. The number of nitrogens with one attached hydrogen (secondary N) is 1. The number of ether oxygens (including phenoxy) is 1. The Kier molecular flexibility index (Phi) is 5.96. The van der Waals surface area contributed by atoms with E-state index < -0.39 is 11.7 Å². The number of esters is 1. The van der Waals surface area contributed by atoms with Crippen LogP contribution in [-0.2, 0) is 4.74 Å². The molecule has 0 atom stereocenters. The number of nitrogens with zero attached hydrogens (tertiary/aromatic N) is 1. The smallest absolute Gasteiger partial charge is 0.338 e. The van der Waals surface area contributed by atoms with Gasteiger partial charge in [0, 0.05) is 5.56 Å². The van der Waals surface area contributed by atoms with Crippen LogP contribution < -0.4 is 5.43 Å². The molecule has 0 fully saturated rings. The lowest BCUT2D eigenvalue weighted by molar-refractivity contribution is 0.0526. The van der Waals surface area contributed by atoms with Crippen LogP contribution in [0, 0.1) is 5.82 Å². The summed E-state index contributed by atoms with van der Waals surface area (Å²) in [5.41, 5.74) is 3.37. The lowest BCUT2D eigenvalue weighted by atomic mass is 10.1. The molecule has 0 saturated heterocycles. The average Bonchev–Trinajstić information content (AvgIpc) is 3.17. The summed E-state index contributed by atoms with van der Waals surface area (Å²) in [4.78, 5) is 23.6. The van der Waals surface area contributed by atoms with Crippen molar-refractivity contribution in [2.24, 2.45) is 5.10 Å². The summed E-state index contributed by atoms with van der Waals surface area (Å²) in [6, 6.07) is 15.8. The van der Waals surface area contributed by atoms with E-state index in [9.17, 15) is 14.0 Å². The third-order valence-corrected chi connectivity index (χ3v) is 3.78. The van der Waals surface area contributed by atoms with Crippen LogP contribution in [0.5, 0.6) is 0 Å². The molecule has 1 amide bonds. The van der Waals surface area contributed by atoms with Gasteiger partial charge < -0.3 is 9.15 Å². The largest absolute Gasteiger partial charge is 0.462 e. The first-order valence-electron chi connectivity index (χ1n) is 8.54. The molecule has 1 N–H and O–H groups in total. The Balaban J connectivity index is 1.64. The predicted molar refractivity (Wildman–Crippen MR) is 102 cm³/mol. The Morgan fingerprint density at radius 2 is 1.86 bits per heavy atom. The zero-order chi connectivity index (χ0) is 19.9. The summed E-state index contributed by atoms with van der Waals surface area (Å²) in [6.07, 6.45) is 1.31. The number of amides is 1. The number of hydrogen-bond acceptors (Lipinski definition) is 5. The quantitative estimate of drug-likeness (QED) is 0.398. The standard InChI is InChI=1S/C21H17FN2O4/c1-2-27-21(26)15-9-7-14(8-10-15)19-12-11-16(28-19)13-23-24-20(25)17-5-3-4-6-18(17)22/h3-13H,2H2,1H3,(H,24,25). The maximum Gasteiger partial charge on any atom is 0.338 e. The highest BCUT2D eigenvalue weighted by Gasteiger charge is 2.10. The van der Waals surface area contributed by atoms with Gasteiger partial charge >= 0.3 is 5.97 Å². The number of furan rings is 1. The Hall–Kier alpha value is -3.74. The molecule has 0 aliphatic carbocycles. The van der Waals surface area contributed by atoms with Crippen molar-refractivity contribution in [3.63, 3.8) is 0 Å². The fourth-order valence-corrected chi connectivity index (χ4v) is 2.42. The molecule has 1 heterocycles. The van der Waals surface area contributed by atoms with E-state index in [0.29, 0.717) is 23.7 Å². The van der Waals surface area contributed by atoms with Gasteiger partial charge in [0.15, 0.2) is 0 Å². The molecule has 2 aromatic carbocycles. The Labute approximate surface area is 160 Å². The van der Waals surface area contributed by atoms with Crippen molar-refractivity contribution in [1.82, 2.24) is 5.43 Å². The van der Waals surface area contributed by atoms with Crippen LogP contribution in [0.15, 0.2) is 70.2 Å². The number of rotatable bonds is 6. The van der Waals surface area contributed by atoms with Crippen molar-refractivity contribution in [3.05, 3.63) is 83.4 Å². The van der Waals surface area contributed by atoms with Gasteiger partial charge in [-0.3, -0.25) is 4.79 Å². The Bertz CT molecular complexity index is 1010. The first kappa shape index (κ1) is 19.0. The van der Waals surface area contributed by atoms with Crippen molar-refractivity contribution < 1.29 is 23.1 Å². The van der Waals surface area contributed by atoms with Gasteiger partial charge in [0.25, 0.3) is 5.91 Å². The third kappa shape index (κ3) is 4.50. The van der Waals surface area contributed by atoms with Crippen molar-refractivity contribution >= 4 is 18.1 Å². The first-order valence-corrected chi connectivity index (χ1v) is 8.54. The molecule has 0 radical (unpaired) electrons. The van der Waals surface area contributed by atoms with Crippen LogP contribution in [0.3, 0.4) is 0 Å². The molecule has 0 unspecified atom stereocenters. The molecule has 0 saturated carbocycles. The second kappa shape index (κ2) is 8.77. The summed E-state index contributed by atoms with van der Waals surface area (Å²) < 4.78 is 24.1. The van der Waals surface area contributed by atoms with E-state index in [0.717, 1.165) is 5.56 Å². The normalized spacial score (nSPS) is 10.8. The molecule has 7 heteroatoms. The fraction of sp³-hybridized carbons (Fsp3) is 0.0952. The number of benzene rings is 2.